The third kappa shape index (κ3) is 4.07. The Hall–Kier alpha value is -1.36. The van der Waals surface area contributed by atoms with Gasteiger partial charge in [0.25, 0.3) is 0 Å². The summed E-state index contributed by atoms with van der Waals surface area (Å²) in [6, 6.07) is 13.5. The van der Waals surface area contributed by atoms with E-state index in [-0.39, 0.29) is 6.61 Å². The molecule has 0 aliphatic heterocycles. The van der Waals surface area contributed by atoms with Gasteiger partial charge in [-0.3, -0.25) is 0 Å². The second-order valence-corrected chi connectivity index (χ2v) is 5.30. The van der Waals surface area contributed by atoms with Gasteiger partial charge in [-0.15, -0.1) is 0 Å². The monoisotopic (exact) mass is 335 g/mol. The molecule has 0 fully saturated rings. The number of nitrogens with one attached hydrogen (secondary N) is 1. The van der Waals surface area contributed by atoms with E-state index in [1.54, 1.807) is 0 Å². The van der Waals surface area contributed by atoms with Gasteiger partial charge in [-0.1, -0.05) is 25.1 Å². The maximum absolute atomic E-state index is 9.01. The highest BCUT2D eigenvalue weighted by Crippen LogP contribution is 2.30. The molecule has 0 bridgehead atoms. The summed E-state index contributed by atoms with van der Waals surface area (Å²) in [5.74, 6) is 1.53. The molecule has 0 aliphatic carbocycles. The molecule has 2 N–H and O–H groups in total. The average molecular weight is 336 g/mol. The normalized spacial score (nSPS) is 10.6. The summed E-state index contributed by atoms with van der Waals surface area (Å²) in [7, 11) is 0. The Balaban J connectivity index is 2.08. The van der Waals surface area contributed by atoms with Crippen LogP contribution in [0.1, 0.15) is 18.1 Å². The minimum Gasteiger partial charge on any atom is -0.456 e. The largest absolute Gasteiger partial charge is 0.456 e. The number of hydrogen-bond donors (Lipinski definition) is 2. The zero-order chi connectivity index (χ0) is 14.4. The number of ether oxygens (including phenoxy) is 1. The molecule has 0 atom stereocenters. The van der Waals surface area contributed by atoms with E-state index >= 15 is 0 Å². The minimum absolute atomic E-state index is 0.0447. The standard InChI is InChI=1S/C16H18BrNO2/c1-2-18-10-13-5-8-16(15(17)9-13)20-14-6-3-12(11-19)4-7-14/h3-9,18-19H,2,10-11H2,1H3. The van der Waals surface area contributed by atoms with Gasteiger partial charge in [0.1, 0.15) is 11.5 Å². The Kier molecular flexibility index (Phi) is 5.59. The number of benzene rings is 2. The van der Waals surface area contributed by atoms with Gasteiger partial charge in [0.2, 0.25) is 0 Å². The van der Waals surface area contributed by atoms with Crippen LogP contribution in [0.5, 0.6) is 11.5 Å². The molecule has 0 saturated carbocycles. The second kappa shape index (κ2) is 7.43. The van der Waals surface area contributed by atoms with E-state index in [2.05, 4.69) is 34.2 Å². The molecule has 0 spiro atoms. The van der Waals surface area contributed by atoms with Crippen LogP contribution in [0.3, 0.4) is 0 Å². The Morgan fingerprint density at radius 1 is 1.10 bits per heavy atom. The van der Waals surface area contributed by atoms with Gasteiger partial charge in [-0.05, 0) is 57.9 Å². The topological polar surface area (TPSA) is 41.5 Å². The first kappa shape index (κ1) is 15.0. The third-order valence-corrected chi connectivity index (χ3v) is 3.53. The predicted octanol–water partition coefficient (Wildman–Crippen LogP) is 3.84. The van der Waals surface area contributed by atoms with Gasteiger partial charge >= 0.3 is 0 Å². The molecule has 4 heteroatoms. The lowest BCUT2D eigenvalue weighted by atomic mass is 10.2. The fourth-order valence-corrected chi connectivity index (χ4v) is 2.30. The van der Waals surface area contributed by atoms with Crippen molar-refractivity contribution in [3.05, 3.63) is 58.1 Å². The van der Waals surface area contributed by atoms with Crippen molar-refractivity contribution in [1.29, 1.82) is 0 Å². The Morgan fingerprint density at radius 2 is 1.80 bits per heavy atom. The SMILES string of the molecule is CCNCc1ccc(Oc2ccc(CO)cc2)c(Br)c1. The maximum atomic E-state index is 9.01. The van der Waals surface area contributed by atoms with Crippen molar-refractivity contribution in [3.8, 4) is 11.5 Å². The van der Waals surface area contributed by atoms with Crippen LogP contribution in [0.2, 0.25) is 0 Å². The van der Waals surface area contributed by atoms with Crippen LogP contribution < -0.4 is 10.1 Å². The summed E-state index contributed by atoms with van der Waals surface area (Å²) in [6.07, 6.45) is 0. The van der Waals surface area contributed by atoms with E-state index in [1.165, 1.54) is 5.56 Å². The lowest BCUT2D eigenvalue weighted by Crippen LogP contribution is -2.11. The zero-order valence-electron chi connectivity index (χ0n) is 11.4. The minimum atomic E-state index is 0.0447. The number of halogens is 1. The lowest BCUT2D eigenvalue weighted by Gasteiger charge is -2.10. The molecule has 0 saturated heterocycles. The van der Waals surface area contributed by atoms with E-state index < -0.39 is 0 Å². The van der Waals surface area contributed by atoms with Crippen molar-refractivity contribution < 1.29 is 9.84 Å². The highest BCUT2D eigenvalue weighted by atomic mass is 79.9. The van der Waals surface area contributed by atoms with E-state index in [1.807, 2.05) is 36.4 Å². The molecule has 0 radical (unpaired) electrons. The van der Waals surface area contributed by atoms with Crippen LogP contribution in [0.15, 0.2) is 46.9 Å². The number of rotatable bonds is 6. The van der Waals surface area contributed by atoms with E-state index in [0.717, 1.165) is 34.6 Å². The Bertz CT molecular complexity index is 555. The fraction of sp³-hybridized carbons (Fsp3) is 0.250. The van der Waals surface area contributed by atoms with E-state index in [9.17, 15) is 0 Å². The van der Waals surface area contributed by atoms with Gasteiger partial charge in [0.15, 0.2) is 0 Å². The molecule has 106 valence electrons. The molecule has 0 unspecified atom stereocenters. The van der Waals surface area contributed by atoms with Crippen LogP contribution in [-0.2, 0) is 13.2 Å². The van der Waals surface area contributed by atoms with Crippen LogP contribution in [0, 0.1) is 0 Å². The molecule has 0 aliphatic rings. The van der Waals surface area contributed by atoms with E-state index in [0.29, 0.717) is 0 Å². The summed E-state index contributed by atoms with van der Waals surface area (Å²) < 4.78 is 6.75. The highest BCUT2D eigenvalue weighted by Gasteiger charge is 2.04. The molecule has 20 heavy (non-hydrogen) atoms. The second-order valence-electron chi connectivity index (χ2n) is 4.45. The molecule has 3 nitrogen and oxygen atoms in total. The molecular weight excluding hydrogens is 318 g/mol. The summed E-state index contributed by atoms with van der Waals surface area (Å²) in [5.41, 5.74) is 2.08. The zero-order valence-corrected chi connectivity index (χ0v) is 13.0. The first-order valence-corrected chi connectivity index (χ1v) is 7.39. The molecule has 2 aromatic rings. The van der Waals surface area contributed by atoms with Crippen LogP contribution in [0.4, 0.5) is 0 Å². The molecule has 0 heterocycles. The quantitative estimate of drug-likeness (QED) is 0.842. The maximum Gasteiger partial charge on any atom is 0.141 e. The third-order valence-electron chi connectivity index (χ3n) is 2.91. The molecule has 2 rings (SSSR count). The molecule has 0 amide bonds. The fourth-order valence-electron chi connectivity index (χ4n) is 1.80. The van der Waals surface area contributed by atoms with Crippen molar-refractivity contribution in [2.24, 2.45) is 0 Å². The predicted molar refractivity (Wildman–Crippen MR) is 84.0 cm³/mol. The lowest BCUT2D eigenvalue weighted by molar-refractivity contribution is 0.281. The van der Waals surface area contributed by atoms with Gasteiger partial charge in [0.05, 0.1) is 11.1 Å². The Morgan fingerprint density at radius 3 is 2.40 bits per heavy atom. The summed E-state index contributed by atoms with van der Waals surface area (Å²) in [4.78, 5) is 0. The van der Waals surface area contributed by atoms with Crippen molar-refractivity contribution in [3.63, 3.8) is 0 Å². The summed E-state index contributed by atoms with van der Waals surface area (Å²) in [6.45, 7) is 3.93. The van der Waals surface area contributed by atoms with Crippen molar-refractivity contribution >= 4 is 15.9 Å². The van der Waals surface area contributed by atoms with Crippen LogP contribution >= 0.6 is 15.9 Å². The first-order chi connectivity index (χ1) is 9.72. The summed E-state index contributed by atoms with van der Waals surface area (Å²) in [5, 5.41) is 12.3. The molecule has 2 aromatic carbocycles. The molecule has 0 aromatic heterocycles. The van der Waals surface area contributed by atoms with Crippen LogP contribution in [0.25, 0.3) is 0 Å². The summed E-state index contributed by atoms with van der Waals surface area (Å²) >= 11 is 3.53. The van der Waals surface area contributed by atoms with Crippen molar-refractivity contribution in [1.82, 2.24) is 5.32 Å². The van der Waals surface area contributed by atoms with E-state index in [4.69, 9.17) is 9.84 Å². The molecular formula is C16H18BrNO2. The van der Waals surface area contributed by atoms with Gasteiger partial charge in [-0.2, -0.15) is 0 Å². The van der Waals surface area contributed by atoms with Gasteiger partial charge in [0, 0.05) is 6.54 Å². The smallest absolute Gasteiger partial charge is 0.141 e. The van der Waals surface area contributed by atoms with Crippen LogP contribution in [-0.4, -0.2) is 11.7 Å². The van der Waals surface area contributed by atoms with Crippen molar-refractivity contribution in [2.45, 2.75) is 20.1 Å². The number of aliphatic hydroxyl groups is 1. The van der Waals surface area contributed by atoms with Gasteiger partial charge in [-0.25, -0.2) is 0 Å². The first-order valence-electron chi connectivity index (χ1n) is 6.59. The highest BCUT2D eigenvalue weighted by molar-refractivity contribution is 9.10. The number of aliphatic hydroxyl groups excluding tert-OH is 1. The Labute approximate surface area is 127 Å². The number of hydrogen-bond acceptors (Lipinski definition) is 3. The van der Waals surface area contributed by atoms with Crippen molar-refractivity contribution in [2.75, 3.05) is 6.54 Å². The van der Waals surface area contributed by atoms with Gasteiger partial charge < -0.3 is 15.2 Å². The average Bonchev–Trinajstić information content (AvgIpc) is 2.48.